The van der Waals surface area contributed by atoms with E-state index in [1.807, 2.05) is 26.8 Å². The van der Waals surface area contributed by atoms with Crippen molar-refractivity contribution in [2.75, 3.05) is 7.11 Å². The molecule has 7 rings (SSSR count). The molecule has 0 unspecified atom stereocenters. The summed E-state index contributed by atoms with van der Waals surface area (Å²) in [6, 6.07) is 18.7. The number of carbonyl (C=O) groups excluding carboxylic acids is 5. The predicted octanol–water partition coefficient (Wildman–Crippen LogP) is 6.70. The van der Waals surface area contributed by atoms with Gasteiger partial charge in [0, 0.05) is 22.3 Å². The molecule has 1 saturated heterocycles. The second-order valence-electron chi connectivity index (χ2n) is 15.4. The van der Waals surface area contributed by atoms with Crippen molar-refractivity contribution in [3.8, 4) is 11.5 Å². The quantitative estimate of drug-likeness (QED) is 0.114. The lowest BCUT2D eigenvalue weighted by molar-refractivity contribution is -0.196. The Bertz CT molecular complexity index is 1880. The van der Waals surface area contributed by atoms with E-state index in [1.165, 1.54) is 7.11 Å². The summed E-state index contributed by atoms with van der Waals surface area (Å²) in [6.45, 7) is 7.53. The number of esters is 4. The molecule has 10 nitrogen and oxygen atoms in total. The fourth-order valence-electron chi connectivity index (χ4n) is 10.2. The van der Waals surface area contributed by atoms with Gasteiger partial charge in [0.2, 0.25) is 0 Å². The van der Waals surface area contributed by atoms with E-state index in [4.69, 9.17) is 23.4 Å². The van der Waals surface area contributed by atoms with Crippen molar-refractivity contribution in [1.82, 2.24) is 0 Å². The summed E-state index contributed by atoms with van der Waals surface area (Å²) in [6.07, 6.45) is 5.60. The minimum Gasteiger partial charge on any atom is -0.472 e. The number of ketones is 1. The van der Waals surface area contributed by atoms with Gasteiger partial charge in [-0.1, -0.05) is 75.7 Å². The number of hydrogen-bond acceptors (Lipinski definition) is 10. The first-order valence-corrected chi connectivity index (χ1v) is 17.4. The molecule has 3 aliphatic carbocycles. The van der Waals surface area contributed by atoms with E-state index in [2.05, 4.69) is 6.92 Å². The van der Waals surface area contributed by atoms with E-state index >= 15 is 4.79 Å². The molecular weight excluding hydrogens is 652 g/mol. The first kappa shape index (κ1) is 34.5. The van der Waals surface area contributed by atoms with Crippen LogP contribution in [0.5, 0.6) is 11.5 Å². The van der Waals surface area contributed by atoms with E-state index in [0.29, 0.717) is 18.6 Å². The number of rotatable bonds is 7. The van der Waals surface area contributed by atoms with Crippen molar-refractivity contribution in [2.45, 2.75) is 53.1 Å². The number of para-hydroxylation sites is 2. The number of cyclic esters (lactones) is 1. The standard InChI is InChI=1S/C41H42O10/c1-39(2)32(38(46)50-25-14-10-7-11-15-25)27-20-26-28(16-18-40(3)29(26)21-30(42)51-35(40)23-17-19-48-22-23)41(4,34(27)43)33(39)31(36(44)47-5)37(45)49-24-12-8-6-9-13-24/h6-15,17,19-20,22,27-29,31-33,35H,16,18,21H2,1-5H3/t27-,28-,29-,31+,32-,33-,35-,40+,41+/m0/s1. The zero-order chi connectivity index (χ0) is 36.3. The lowest BCUT2D eigenvalue weighted by Crippen LogP contribution is -2.68. The maximum atomic E-state index is 15.1. The van der Waals surface area contributed by atoms with Crippen molar-refractivity contribution in [3.63, 3.8) is 0 Å². The van der Waals surface area contributed by atoms with Gasteiger partial charge in [-0.25, -0.2) is 0 Å². The van der Waals surface area contributed by atoms with Crippen LogP contribution in [0.3, 0.4) is 0 Å². The number of allylic oxidation sites excluding steroid dienone is 2. The number of Topliss-reactive ketones (excluding diaryl/α,β-unsaturated/α-hetero) is 1. The zero-order valence-electron chi connectivity index (χ0n) is 29.3. The van der Waals surface area contributed by atoms with Crippen molar-refractivity contribution in [3.05, 3.63) is 96.5 Å². The molecule has 3 fully saturated rings. The number of hydrogen-bond donors (Lipinski definition) is 0. The van der Waals surface area contributed by atoms with Gasteiger partial charge in [-0.3, -0.25) is 24.0 Å². The first-order valence-electron chi connectivity index (χ1n) is 17.4. The van der Waals surface area contributed by atoms with Crippen LogP contribution in [0.1, 0.15) is 58.6 Å². The van der Waals surface area contributed by atoms with Crippen LogP contribution >= 0.6 is 0 Å². The average molecular weight is 695 g/mol. The van der Waals surface area contributed by atoms with Gasteiger partial charge in [-0.2, -0.15) is 0 Å². The Kier molecular flexibility index (Phi) is 8.55. The van der Waals surface area contributed by atoms with Crippen LogP contribution in [0.4, 0.5) is 0 Å². The molecular formula is C41H42O10. The van der Waals surface area contributed by atoms with E-state index in [0.717, 1.165) is 11.1 Å². The normalized spacial score (nSPS) is 32.6. The molecule has 4 aliphatic rings. The molecule has 2 heterocycles. The third-order valence-electron chi connectivity index (χ3n) is 12.4. The maximum Gasteiger partial charge on any atom is 0.326 e. The van der Waals surface area contributed by atoms with Gasteiger partial charge >= 0.3 is 23.9 Å². The van der Waals surface area contributed by atoms with Crippen LogP contribution in [0, 0.1) is 51.8 Å². The number of fused-ring (bicyclic) bond motifs is 6. The van der Waals surface area contributed by atoms with E-state index in [9.17, 15) is 19.2 Å². The SMILES string of the molecule is COC(=O)[C@H](C(=O)Oc1ccccc1)[C@H]1C(C)(C)[C@H](C(=O)Oc2ccccc2)[C@@H]2C=C3[C@@H]4CC(=O)O[C@@H](c5ccoc5)[C@]4(C)CC[C@@H]3[C@@]1(C)C2=O. The summed E-state index contributed by atoms with van der Waals surface area (Å²) < 4.78 is 28.4. The van der Waals surface area contributed by atoms with Crippen LogP contribution < -0.4 is 9.47 Å². The Morgan fingerprint density at radius 3 is 2.10 bits per heavy atom. The minimum absolute atomic E-state index is 0.0772. The van der Waals surface area contributed by atoms with E-state index in [1.54, 1.807) is 79.3 Å². The molecule has 1 aliphatic heterocycles. The molecule has 0 spiro atoms. The fourth-order valence-corrected chi connectivity index (χ4v) is 10.2. The highest BCUT2D eigenvalue weighted by Crippen LogP contribution is 2.69. The fraction of sp³-hybridized carbons (Fsp3) is 0.439. The molecule has 10 heteroatoms. The van der Waals surface area contributed by atoms with Crippen molar-refractivity contribution < 1.29 is 47.3 Å². The lowest BCUT2D eigenvalue weighted by atomic mass is 9.37. The Hall–Kier alpha value is -4.99. The van der Waals surface area contributed by atoms with Crippen molar-refractivity contribution in [1.29, 1.82) is 0 Å². The van der Waals surface area contributed by atoms with E-state index in [-0.39, 0.29) is 29.8 Å². The van der Waals surface area contributed by atoms with Gasteiger partial charge in [0.25, 0.3) is 0 Å². The van der Waals surface area contributed by atoms with Gasteiger partial charge in [-0.05, 0) is 60.4 Å². The smallest absolute Gasteiger partial charge is 0.326 e. The summed E-state index contributed by atoms with van der Waals surface area (Å²) in [5, 5.41) is 0. The molecule has 9 atom stereocenters. The lowest BCUT2D eigenvalue weighted by Gasteiger charge is -2.64. The Morgan fingerprint density at radius 1 is 0.843 bits per heavy atom. The van der Waals surface area contributed by atoms with E-state index < -0.39 is 69.8 Å². The third-order valence-corrected chi connectivity index (χ3v) is 12.4. The highest BCUT2D eigenvalue weighted by Gasteiger charge is 2.72. The largest absolute Gasteiger partial charge is 0.472 e. The van der Waals surface area contributed by atoms with Crippen molar-refractivity contribution >= 4 is 29.7 Å². The summed E-state index contributed by atoms with van der Waals surface area (Å²) in [4.78, 5) is 71.1. The topological polar surface area (TPSA) is 135 Å². The van der Waals surface area contributed by atoms with Crippen LogP contribution in [0.15, 0.2) is 95.3 Å². The molecule has 51 heavy (non-hydrogen) atoms. The number of methoxy groups -OCH3 is 1. The monoisotopic (exact) mass is 694 g/mol. The molecule has 2 bridgehead atoms. The number of benzene rings is 2. The summed E-state index contributed by atoms with van der Waals surface area (Å²) in [5.74, 6) is -8.04. The summed E-state index contributed by atoms with van der Waals surface area (Å²) in [7, 11) is 1.19. The molecule has 266 valence electrons. The highest BCUT2D eigenvalue weighted by molar-refractivity contribution is 6.01. The highest BCUT2D eigenvalue weighted by atomic mass is 16.6. The molecule has 0 amide bonds. The van der Waals surface area contributed by atoms with Crippen LogP contribution in [-0.2, 0) is 33.4 Å². The molecule has 2 aromatic carbocycles. The number of furan rings is 1. The molecule has 0 N–H and O–H groups in total. The van der Waals surface area contributed by atoms with Crippen molar-refractivity contribution in [2.24, 2.45) is 51.8 Å². The van der Waals surface area contributed by atoms with Gasteiger partial charge in [0.05, 0.1) is 37.9 Å². The molecule has 1 aromatic heterocycles. The van der Waals surface area contributed by atoms with Crippen LogP contribution in [-0.4, -0.2) is 36.8 Å². The number of ether oxygens (including phenoxy) is 4. The predicted molar refractivity (Wildman–Crippen MR) is 182 cm³/mol. The minimum atomic E-state index is -1.57. The molecule has 3 aromatic rings. The van der Waals surface area contributed by atoms with Gasteiger partial charge in [-0.15, -0.1) is 0 Å². The van der Waals surface area contributed by atoms with Gasteiger partial charge < -0.3 is 23.4 Å². The van der Waals surface area contributed by atoms with Gasteiger partial charge in [0.1, 0.15) is 23.4 Å². The number of carbonyl (C=O) groups is 5. The Balaban J connectivity index is 1.40. The Labute approximate surface area is 296 Å². The first-order chi connectivity index (χ1) is 24.3. The second-order valence-corrected chi connectivity index (χ2v) is 15.4. The molecule has 2 saturated carbocycles. The Morgan fingerprint density at radius 2 is 1.49 bits per heavy atom. The third kappa shape index (κ3) is 5.41. The van der Waals surface area contributed by atoms with Gasteiger partial charge in [0.15, 0.2) is 5.92 Å². The average Bonchev–Trinajstić information content (AvgIpc) is 3.64. The summed E-state index contributed by atoms with van der Waals surface area (Å²) >= 11 is 0. The summed E-state index contributed by atoms with van der Waals surface area (Å²) in [5.41, 5.74) is -1.49. The van der Waals surface area contributed by atoms with Crippen LogP contribution in [0.25, 0.3) is 0 Å². The second kappa shape index (κ2) is 12.7. The zero-order valence-corrected chi connectivity index (χ0v) is 29.3. The molecule has 0 radical (unpaired) electrons. The van der Waals surface area contributed by atoms with Crippen LogP contribution in [0.2, 0.25) is 0 Å². The maximum absolute atomic E-state index is 15.1.